The van der Waals surface area contributed by atoms with Crippen LogP contribution < -0.4 is 4.72 Å². The van der Waals surface area contributed by atoms with E-state index in [-0.39, 0.29) is 24.5 Å². The third-order valence-corrected chi connectivity index (χ3v) is 5.12. The number of sulfonamides is 1. The maximum absolute atomic E-state index is 12.0. The zero-order chi connectivity index (χ0) is 15.9. The maximum atomic E-state index is 12.0. The van der Waals surface area contributed by atoms with Crippen LogP contribution in [0.2, 0.25) is 0 Å². The van der Waals surface area contributed by atoms with Crippen LogP contribution >= 0.6 is 11.3 Å². The van der Waals surface area contributed by atoms with E-state index in [2.05, 4.69) is 4.72 Å². The SMILES string of the molecule is CCOCCS(=O)(=O)Nc1sc(CC)cc1C(=O)OCC. The van der Waals surface area contributed by atoms with Gasteiger partial charge >= 0.3 is 5.97 Å². The molecule has 0 aromatic carbocycles. The van der Waals surface area contributed by atoms with E-state index in [1.165, 1.54) is 11.3 Å². The van der Waals surface area contributed by atoms with Gasteiger partial charge in [0.15, 0.2) is 0 Å². The fourth-order valence-corrected chi connectivity index (χ4v) is 3.77. The summed E-state index contributed by atoms with van der Waals surface area (Å²) in [4.78, 5) is 12.8. The van der Waals surface area contributed by atoms with Gasteiger partial charge in [-0.05, 0) is 26.3 Å². The lowest BCUT2D eigenvalue weighted by atomic mass is 10.2. The van der Waals surface area contributed by atoms with Crippen molar-refractivity contribution in [1.82, 2.24) is 0 Å². The van der Waals surface area contributed by atoms with Crippen LogP contribution in [0.3, 0.4) is 0 Å². The topological polar surface area (TPSA) is 81.7 Å². The van der Waals surface area contributed by atoms with Crippen molar-refractivity contribution in [3.8, 4) is 0 Å². The summed E-state index contributed by atoms with van der Waals surface area (Å²) in [5.41, 5.74) is 0.263. The molecule has 8 heteroatoms. The van der Waals surface area contributed by atoms with E-state index >= 15 is 0 Å². The molecule has 0 atom stereocenters. The Balaban J connectivity index is 2.90. The predicted molar refractivity (Wildman–Crippen MR) is 83.6 cm³/mol. The minimum atomic E-state index is -3.55. The minimum Gasteiger partial charge on any atom is -0.462 e. The third-order valence-electron chi connectivity index (χ3n) is 2.58. The summed E-state index contributed by atoms with van der Waals surface area (Å²) in [7, 11) is -3.55. The Bertz CT molecular complexity index is 565. The largest absolute Gasteiger partial charge is 0.462 e. The number of hydrogen-bond donors (Lipinski definition) is 1. The molecule has 1 aromatic rings. The highest BCUT2D eigenvalue weighted by molar-refractivity contribution is 7.92. The summed E-state index contributed by atoms with van der Waals surface area (Å²) in [5.74, 6) is -0.668. The number of hydrogen-bond acceptors (Lipinski definition) is 6. The first-order valence-corrected chi connectivity index (χ1v) is 9.28. The van der Waals surface area contributed by atoms with Gasteiger partial charge in [0.1, 0.15) is 5.00 Å². The number of esters is 1. The molecule has 1 rings (SSSR count). The van der Waals surface area contributed by atoms with Gasteiger partial charge in [-0.1, -0.05) is 6.92 Å². The summed E-state index contributed by atoms with van der Waals surface area (Å²) in [6.45, 7) is 6.26. The number of thiophene rings is 1. The fraction of sp³-hybridized carbons (Fsp3) is 0.615. The average Bonchev–Trinajstić information content (AvgIpc) is 2.81. The number of aryl methyl sites for hydroxylation is 1. The number of anilines is 1. The van der Waals surface area contributed by atoms with E-state index in [0.29, 0.717) is 11.6 Å². The third kappa shape index (κ3) is 5.64. The monoisotopic (exact) mass is 335 g/mol. The molecule has 1 heterocycles. The normalized spacial score (nSPS) is 11.4. The second kappa shape index (κ2) is 8.35. The van der Waals surface area contributed by atoms with Crippen LogP contribution in [0, 0.1) is 0 Å². The summed E-state index contributed by atoms with van der Waals surface area (Å²) < 4.78 is 36.4. The lowest BCUT2D eigenvalue weighted by molar-refractivity contribution is 0.0528. The average molecular weight is 335 g/mol. The predicted octanol–water partition coefficient (Wildman–Crippen LogP) is 2.27. The Morgan fingerprint density at radius 1 is 1.29 bits per heavy atom. The van der Waals surface area contributed by atoms with E-state index in [1.807, 2.05) is 6.92 Å². The highest BCUT2D eigenvalue weighted by atomic mass is 32.2. The number of ether oxygens (including phenoxy) is 2. The second-order valence-corrected chi connectivity index (χ2v) is 7.13. The molecular weight excluding hydrogens is 314 g/mol. The quantitative estimate of drug-likeness (QED) is 0.553. The van der Waals surface area contributed by atoms with Crippen LogP contribution in [-0.2, 0) is 25.9 Å². The molecule has 0 fully saturated rings. The van der Waals surface area contributed by atoms with Crippen molar-refractivity contribution in [1.29, 1.82) is 0 Å². The van der Waals surface area contributed by atoms with E-state index in [9.17, 15) is 13.2 Å². The number of carbonyl (C=O) groups is 1. The van der Waals surface area contributed by atoms with Crippen LogP contribution in [-0.4, -0.2) is 40.0 Å². The van der Waals surface area contributed by atoms with Crippen LogP contribution in [0.4, 0.5) is 5.00 Å². The first-order valence-electron chi connectivity index (χ1n) is 6.81. The Morgan fingerprint density at radius 3 is 2.57 bits per heavy atom. The van der Waals surface area contributed by atoms with Crippen LogP contribution in [0.15, 0.2) is 6.07 Å². The van der Waals surface area contributed by atoms with Crippen LogP contribution in [0.5, 0.6) is 0 Å². The molecule has 1 N–H and O–H groups in total. The molecule has 0 aliphatic carbocycles. The molecule has 0 aliphatic rings. The molecule has 0 bridgehead atoms. The molecule has 0 saturated heterocycles. The molecule has 6 nitrogen and oxygen atoms in total. The number of nitrogens with one attached hydrogen (secondary N) is 1. The Morgan fingerprint density at radius 2 is 2.00 bits per heavy atom. The van der Waals surface area contributed by atoms with E-state index < -0.39 is 16.0 Å². The van der Waals surface area contributed by atoms with Crippen molar-refractivity contribution < 1.29 is 22.7 Å². The Hall–Kier alpha value is -1.12. The maximum Gasteiger partial charge on any atom is 0.341 e. The molecular formula is C13H21NO5S2. The van der Waals surface area contributed by atoms with Crippen molar-refractivity contribution in [3.05, 3.63) is 16.5 Å². The van der Waals surface area contributed by atoms with Gasteiger partial charge in [0, 0.05) is 11.5 Å². The van der Waals surface area contributed by atoms with Crippen molar-refractivity contribution >= 4 is 32.3 Å². The molecule has 0 aliphatic heterocycles. The van der Waals surface area contributed by atoms with Crippen LogP contribution in [0.1, 0.15) is 36.0 Å². The van der Waals surface area contributed by atoms with Gasteiger partial charge in [-0.3, -0.25) is 4.72 Å². The molecule has 0 unspecified atom stereocenters. The minimum absolute atomic E-state index is 0.118. The van der Waals surface area contributed by atoms with Gasteiger partial charge in [0.25, 0.3) is 0 Å². The summed E-state index contributed by atoms with van der Waals surface area (Å²) >= 11 is 1.25. The lowest BCUT2D eigenvalue weighted by Crippen LogP contribution is -2.21. The van der Waals surface area contributed by atoms with Gasteiger partial charge in [0.05, 0.1) is 24.5 Å². The molecule has 21 heavy (non-hydrogen) atoms. The molecule has 0 spiro atoms. The van der Waals surface area contributed by atoms with E-state index in [4.69, 9.17) is 9.47 Å². The standard InChI is InChI=1S/C13H21NO5S2/c1-4-10-9-11(13(15)19-6-3)12(20-10)14-21(16,17)8-7-18-5-2/h9,14H,4-8H2,1-3H3. The first-order chi connectivity index (χ1) is 9.93. The van der Waals surface area contributed by atoms with Crippen LogP contribution in [0.25, 0.3) is 0 Å². The number of rotatable bonds is 9. The van der Waals surface area contributed by atoms with Crippen molar-refractivity contribution in [2.75, 3.05) is 30.3 Å². The zero-order valence-corrected chi connectivity index (χ0v) is 14.1. The second-order valence-electron chi connectivity index (χ2n) is 4.15. The summed E-state index contributed by atoms with van der Waals surface area (Å²) in [6.07, 6.45) is 0.720. The van der Waals surface area contributed by atoms with Gasteiger partial charge in [-0.2, -0.15) is 0 Å². The number of carbonyl (C=O) groups excluding carboxylic acids is 1. The highest BCUT2D eigenvalue weighted by Gasteiger charge is 2.21. The Labute approximate surface area is 129 Å². The van der Waals surface area contributed by atoms with Crippen molar-refractivity contribution in [3.63, 3.8) is 0 Å². The Kier molecular flexibility index (Phi) is 7.13. The smallest absolute Gasteiger partial charge is 0.341 e. The van der Waals surface area contributed by atoms with Gasteiger partial charge < -0.3 is 9.47 Å². The van der Waals surface area contributed by atoms with Gasteiger partial charge in [-0.25, -0.2) is 13.2 Å². The molecule has 120 valence electrons. The molecule has 1 aromatic heterocycles. The highest BCUT2D eigenvalue weighted by Crippen LogP contribution is 2.30. The van der Waals surface area contributed by atoms with Crippen molar-refractivity contribution in [2.24, 2.45) is 0 Å². The lowest BCUT2D eigenvalue weighted by Gasteiger charge is -2.08. The van der Waals surface area contributed by atoms with E-state index in [1.54, 1.807) is 19.9 Å². The van der Waals surface area contributed by atoms with Gasteiger partial charge in [0.2, 0.25) is 10.0 Å². The fourth-order valence-electron chi connectivity index (χ4n) is 1.56. The van der Waals surface area contributed by atoms with Gasteiger partial charge in [-0.15, -0.1) is 11.3 Å². The summed E-state index contributed by atoms with van der Waals surface area (Å²) in [6, 6.07) is 1.67. The molecule has 0 amide bonds. The molecule has 0 saturated carbocycles. The molecule has 0 radical (unpaired) electrons. The van der Waals surface area contributed by atoms with E-state index in [0.717, 1.165) is 11.3 Å². The summed E-state index contributed by atoms with van der Waals surface area (Å²) in [5, 5.41) is 0.307. The van der Waals surface area contributed by atoms with Crippen molar-refractivity contribution in [2.45, 2.75) is 27.2 Å². The first kappa shape index (κ1) is 17.9. The zero-order valence-electron chi connectivity index (χ0n) is 12.5.